The maximum atomic E-state index is 13.7. The first-order valence-corrected chi connectivity index (χ1v) is 12.9. The highest BCUT2D eigenvalue weighted by molar-refractivity contribution is 5.88. The summed E-state index contributed by atoms with van der Waals surface area (Å²) in [7, 11) is 0. The van der Waals surface area contributed by atoms with Gasteiger partial charge in [0.05, 0.1) is 19.2 Å². The summed E-state index contributed by atoms with van der Waals surface area (Å²) in [4.78, 5) is 40.3. The molecule has 0 bridgehead atoms. The summed E-state index contributed by atoms with van der Waals surface area (Å²) in [6.07, 6.45) is 4.20. The van der Waals surface area contributed by atoms with Gasteiger partial charge < -0.3 is 30.0 Å². The van der Waals surface area contributed by atoms with E-state index in [1.165, 1.54) is 12.1 Å². The number of aryl methyl sites for hydroxylation is 2. The summed E-state index contributed by atoms with van der Waals surface area (Å²) >= 11 is 0. The number of carboxylic acid groups (broad SMARTS) is 3. The first-order valence-electron chi connectivity index (χ1n) is 12.9. The van der Waals surface area contributed by atoms with Crippen molar-refractivity contribution < 1.29 is 43.6 Å². The number of aromatic amines is 1. The van der Waals surface area contributed by atoms with Gasteiger partial charge in [-0.1, -0.05) is 12.1 Å². The normalized spacial score (nSPS) is 11.4. The molecule has 0 radical (unpaired) electrons. The molecule has 2 heterocycles. The smallest absolute Gasteiger partial charge is 0.336 e. The van der Waals surface area contributed by atoms with Gasteiger partial charge in [0.2, 0.25) is 0 Å². The highest BCUT2D eigenvalue weighted by Gasteiger charge is 2.40. The van der Waals surface area contributed by atoms with Gasteiger partial charge in [-0.25, -0.2) is 18.6 Å². The van der Waals surface area contributed by atoms with Gasteiger partial charge in [0, 0.05) is 55.2 Å². The number of hydrogen-bond donors (Lipinski definition) is 5. The third-order valence-corrected chi connectivity index (χ3v) is 6.54. The topological polar surface area (TPSA) is 169 Å². The van der Waals surface area contributed by atoms with Gasteiger partial charge in [-0.05, 0) is 54.8 Å². The van der Waals surface area contributed by atoms with Crippen LogP contribution in [0.1, 0.15) is 36.1 Å². The molecule has 2 aromatic carbocycles. The first kappa shape index (κ1) is 31.9. The molecule has 0 aliphatic rings. The van der Waals surface area contributed by atoms with Crippen LogP contribution >= 0.6 is 0 Å². The summed E-state index contributed by atoms with van der Waals surface area (Å²) < 4.78 is 29.4. The molecule has 0 atom stereocenters. The summed E-state index contributed by atoms with van der Waals surface area (Å²) in [6, 6.07) is 11.5. The molecule has 0 fully saturated rings. The Labute approximate surface area is 239 Å². The predicted molar refractivity (Wildman–Crippen MR) is 147 cm³/mol. The molecule has 0 saturated heterocycles. The molecule has 4 rings (SSSR count). The van der Waals surface area contributed by atoms with E-state index >= 15 is 0 Å². The van der Waals surface area contributed by atoms with Crippen molar-refractivity contribution >= 4 is 28.8 Å². The molecular formula is C29H32F2N4O7. The number of benzene rings is 2. The van der Waals surface area contributed by atoms with Gasteiger partial charge >= 0.3 is 17.9 Å². The SMILES string of the molecule is Cc1c(CN(CCCn2ccnc2)Cc2cccc(F)c2)[nH]c2ccc(F)cc12.O=C(O)CC(O)(CC(=O)O)C(=O)O. The fourth-order valence-corrected chi connectivity index (χ4v) is 4.45. The lowest BCUT2D eigenvalue weighted by molar-refractivity contribution is -0.170. The van der Waals surface area contributed by atoms with E-state index in [2.05, 4.69) is 19.4 Å². The van der Waals surface area contributed by atoms with Gasteiger partial charge in [-0.15, -0.1) is 0 Å². The zero-order valence-electron chi connectivity index (χ0n) is 22.8. The van der Waals surface area contributed by atoms with E-state index < -0.39 is 36.4 Å². The van der Waals surface area contributed by atoms with Crippen molar-refractivity contribution in [1.29, 1.82) is 0 Å². The first-order chi connectivity index (χ1) is 19.9. The van der Waals surface area contributed by atoms with Crippen LogP contribution in [0.5, 0.6) is 0 Å². The summed E-state index contributed by atoms with van der Waals surface area (Å²) in [5.74, 6) is -5.48. The fourth-order valence-electron chi connectivity index (χ4n) is 4.45. The van der Waals surface area contributed by atoms with E-state index in [1.807, 2.05) is 25.5 Å². The second-order valence-electron chi connectivity index (χ2n) is 9.89. The molecule has 13 heteroatoms. The number of hydrogen-bond acceptors (Lipinski definition) is 6. The number of H-pyrrole nitrogens is 1. The number of imidazole rings is 1. The molecule has 5 N–H and O–H groups in total. The number of aliphatic hydroxyl groups is 1. The zero-order valence-corrected chi connectivity index (χ0v) is 22.8. The second-order valence-corrected chi connectivity index (χ2v) is 9.89. The molecular weight excluding hydrogens is 554 g/mol. The molecule has 42 heavy (non-hydrogen) atoms. The number of carbonyl (C=O) groups is 3. The van der Waals surface area contributed by atoms with Crippen LogP contribution in [-0.4, -0.2) is 69.9 Å². The Bertz CT molecular complexity index is 1510. The van der Waals surface area contributed by atoms with Gasteiger partial charge in [0.15, 0.2) is 5.60 Å². The second kappa shape index (κ2) is 14.3. The standard InChI is InChI=1S/C23H24F2N4.C6H8O7/c1-17-21-13-20(25)6-7-22(21)27-23(17)15-29(10-3-9-28-11-8-26-16-28)14-18-4-2-5-19(24)12-18;7-3(8)1-6(13,5(11)12)2-4(9)10/h2,4-8,11-13,16,27H,3,9-10,14-15H2,1H3;13H,1-2H2,(H,7,8)(H,9,10)(H,11,12). The molecule has 224 valence electrons. The van der Waals surface area contributed by atoms with Crippen molar-refractivity contribution in [1.82, 2.24) is 19.4 Å². The highest BCUT2D eigenvalue weighted by atomic mass is 19.1. The van der Waals surface area contributed by atoms with E-state index in [4.69, 9.17) is 20.4 Å². The molecule has 11 nitrogen and oxygen atoms in total. The maximum absolute atomic E-state index is 13.7. The Morgan fingerprint density at radius 2 is 1.69 bits per heavy atom. The van der Waals surface area contributed by atoms with Gasteiger partial charge in [-0.2, -0.15) is 0 Å². The van der Waals surface area contributed by atoms with Crippen LogP contribution in [0.4, 0.5) is 8.78 Å². The average Bonchev–Trinajstić information content (AvgIpc) is 3.51. The minimum Gasteiger partial charge on any atom is -0.481 e. The van der Waals surface area contributed by atoms with Gasteiger partial charge in [0.25, 0.3) is 0 Å². The Morgan fingerprint density at radius 3 is 2.29 bits per heavy atom. The number of carboxylic acids is 3. The van der Waals surface area contributed by atoms with E-state index in [0.717, 1.165) is 47.2 Å². The van der Waals surface area contributed by atoms with Crippen LogP contribution in [0.25, 0.3) is 10.9 Å². The van der Waals surface area contributed by atoms with Crippen LogP contribution in [0.15, 0.2) is 61.2 Å². The number of nitrogens with one attached hydrogen (secondary N) is 1. The van der Waals surface area contributed by atoms with Crippen LogP contribution in [0.2, 0.25) is 0 Å². The van der Waals surface area contributed by atoms with Crippen LogP contribution in [-0.2, 0) is 34.0 Å². The Morgan fingerprint density at radius 1 is 1.00 bits per heavy atom. The van der Waals surface area contributed by atoms with E-state index in [0.29, 0.717) is 13.1 Å². The number of fused-ring (bicyclic) bond motifs is 1. The average molecular weight is 587 g/mol. The molecule has 4 aromatic rings. The van der Waals surface area contributed by atoms with E-state index in [9.17, 15) is 23.2 Å². The van der Waals surface area contributed by atoms with Crippen LogP contribution < -0.4 is 0 Å². The summed E-state index contributed by atoms with van der Waals surface area (Å²) in [6.45, 7) is 5.06. The largest absolute Gasteiger partial charge is 0.481 e. The lowest BCUT2D eigenvalue weighted by Gasteiger charge is -2.22. The fraction of sp³-hybridized carbons (Fsp3) is 0.310. The molecule has 0 spiro atoms. The predicted octanol–water partition coefficient (Wildman–Crippen LogP) is 3.80. The third-order valence-electron chi connectivity index (χ3n) is 6.54. The number of aliphatic carboxylic acids is 3. The van der Waals surface area contributed by atoms with Crippen molar-refractivity contribution in [2.45, 2.75) is 51.4 Å². The number of halogens is 2. The minimum atomic E-state index is -2.74. The summed E-state index contributed by atoms with van der Waals surface area (Å²) in [5, 5.41) is 34.7. The lowest BCUT2D eigenvalue weighted by atomic mass is 9.96. The molecule has 0 aliphatic carbocycles. The van der Waals surface area contributed by atoms with Crippen LogP contribution in [0.3, 0.4) is 0 Å². The lowest BCUT2D eigenvalue weighted by Crippen LogP contribution is -2.42. The minimum absolute atomic E-state index is 0.224. The monoisotopic (exact) mass is 586 g/mol. The highest BCUT2D eigenvalue weighted by Crippen LogP contribution is 2.24. The Hall–Kier alpha value is -4.62. The molecule has 0 aliphatic heterocycles. The van der Waals surface area contributed by atoms with Gasteiger partial charge in [0.1, 0.15) is 11.6 Å². The van der Waals surface area contributed by atoms with Gasteiger partial charge in [-0.3, -0.25) is 14.5 Å². The van der Waals surface area contributed by atoms with Crippen molar-refractivity contribution in [2.75, 3.05) is 6.54 Å². The molecule has 2 aromatic heterocycles. The molecule has 0 amide bonds. The van der Waals surface area contributed by atoms with Crippen molar-refractivity contribution in [2.24, 2.45) is 0 Å². The van der Waals surface area contributed by atoms with Crippen molar-refractivity contribution in [3.05, 3.63) is 89.6 Å². The third kappa shape index (κ3) is 9.21. The molecule has 0 unspecified atom stereocenters. The van der Waals surface area contributed by atoms with E-state index in [-0.39, 0.29) is 11.6 Å². The zero-order chi connectivity index (χ0) is 30.9. The maximum Gasteiger partial charge on any atom is 0.336 e. The van der Waals surface area contributed by atoms with Crippen molar-refractivity contribution in [3.8, 4) is 0 Å². The number of nitrogens with zero attached hydrogens (tertiary/aromatic N) is 3. The van der Waals surface area contributed by atoms with E-state index in [1.54, 1.807) is 30.5 Å². The Kier molecular flexibility index (Phi) is 10.9. The van der Waals surface area contributed by atoms with Crippen LogP contribution in [0, 0.1) is 18.6 Å². The molecule has 0 saturated carbocycles. The Balaban J connectivity index is 0.000000316. The number of rotatable bonds is 13. The summed E-state index contributed by atoms with van der Waals surface area (Å²) in [5.41, 5.74) is 1.25. The van der Waals surface area contributed by atoms with Crippen molar-refractivity contribution in [3.63, 3.8) is 0 Å². The quantitative estimate of drug-likeness (QED) is 0.156. The number of aromatic nitrogens is 3.